The normalized spacial score (nSPS) is 12.1. The van der Waals surface area contributed by atoms with Crippen molar-refractivity contribution in [2.75, 3.05) is 5.32 Å². The number of primary amides is 1. The van der Waals surface area contributed by atoms with E-state index >= 15 is 0 Å². The van der Waals surface area contributed by atoms with E-state index in [4.69, 9.17) is 5.73 Å². The Balaban J connectivity index is 2.01. The predicted molar refractivity (Wildman–Crippen MR) is 67.7 cm³/mol. The number of nitrogens with zero attached hydrogens (tertiary/aromatic N) is 3. The van der Waals surface area contributed by atoms with Gasteiger partial charge in [0.25, 0.3) is 0 Å². The van der Waals surface area contributed by atoms with E-state index in [0.717, 1.165) is 11.3 Å². The van der Waals surface area contributed by atoms with Crippen molar-refractivity contribution >= 4 is 11.6 Å². The van der Waals surface area contributed by atoms with E-state index < -0.39 is 5.91 Å². The number of amides is 1. The highest BCUT2D eigenvalue weighted by Crippen LogP contribution is 2.17. The number of nitrogens with one attached hydrogen (secondary N) is 1. The minimum Gasteiger partial charge on any atom is -0.376 e. The highest BCUT2D eigenvalue weighted by atomic mass is 16.1. The van der Waals surface area contributed by atoms with Crippen LogP contribution < -0.4 is 11.1 Å². The second-order valence-electron chi connectivity index (χ2n) is 4.05. The fourth-order valence-corrected chi connectivity index (χ4v) is 1.65. The van der Waals surface area contributed by atoms with Crippen LogP contribution in [0.1, 0.15) is 18.5 Å². The molecule has 94 valence electrons. The number of hydrogen-bond donors (Lipinski definition) is 2. The smallest absolute Gasteiger partial charge is 0.239 e. The van der Waals surface area contributed by atoms with Crippen molar-refractivity contribution in [1.29, 1.82) is 0 Å². The lowest BCUT2D eigenvalue weighted by molar-refractivity contribution is -0.118. The van der Waals surface area contributed by atoms with Gasteiger partial charge in [-0.2, -0.15) is 5.10 Å². The molecule has 0 aliphatic rings. The highest BCUT2D eigenvalue weighted by molar-refractivity contribution is 5.73. The molecule has 6 nitrogen and oxygen atoms in total. The van der Waals surface area contributed by atoms with Crippen molar-refractivity contribution in [3.63, 3.8) is 0 Å². The Labute approximate surface area is 105 Å². The molecule has 0 saturated carbocycles. The first kappa shape index (κ1) is 12.1. The van der Waals surface area contributed by atoms with Crippen LogP contribution in [0, 0.1) is 0 Å². The van der Waals surface area contributed by atoms with E-state index in [1.54, 1.807) is 18.6 Å². The Morgan fingerprint density at radius 2 is 2.39 bits per heavy atom. The van der Waals surface area contributed by atoms with Gasteiger partial charge in [0.15, 0.2) is 0 Å². The molecule has 0 spiro atoms. The topological polar surface area (TPSA) is 85.8 Å². The second-order valence-corrected chi connectivity index (χ2v) is 4.05. The van der Waals surface area contributed by atoms with Crippen molar-refractivity contribution in [2.45, 2.75) is 19.5 Å². The van der Waals surface area contributed by atoms with E-state index in [1.807, 2.05) is 25.3 Å². The molecule has 18 heavy (non-hydrogen) atoms. The Kier molecular flexibility index (Phi) is 3.57. The minimum atomic E-state index is -0.412. The van der Waals surface area contributed by atoms with Gasteiger partial charge in [-0.1, -0.05) is 6.07 Å². The monoisotopic (exact) mass is 245 g/mol. The van der Waals surface area contributed by atoms with Crippen molar-refractivity contribution in [1.82, 2.24) is 14.8 Å². The van der Waals surface area contributed by atoms with Gasteiger partial charge in [0, 0.05) is 18.6 Å². The average Bonchev–Trinajstić information content (AvgIpc) is 2.76. The highest BCUT2D eigenvalue weighted by Gasteiger charge is 2.07. The molecule has 2 aromatic heterocycles. The number of aromatic nitrogens is 3. The largest absolute Gasteiger partial charge is 0.376 e. The summed E-state index contributed by atoms with van der Waals surface area (Å²) in [7, 11) is 0. The first-order chi connectivity index (χ1) is 8.65. The zero-order valence-electron chi connectivity index (χ0n) is 10.1. The summed E-state index contributed by atoms with van der Waals surface area (Å²) < 4.78 is 1.50. The maximum absolute atomic E-state index is 10.8. The Morgan fingerprint density at radius 1 is 1.56 bits per heavy atom. The zero-order valence-corrected chi connectivity index (χ0v) is 10.1. The van der Waals surface area contributed by atoms with Crippen LogP contribution in [-0.2, 0) is 11.3 Å². The van der Waals surface area contributed by atoms with Gasteiger partial charge in [-0.15, -0.1) is 0 Å². The molecular formula is C12H15N5O. The first-order valence-electron chi connectivity index (χ1n) is 5.62. The van der Waals surface area contributed by atoms with Crippen LogP contribution in [0.3, 0.4) is 0 Å². The second kappa shape index (κ2) is 5.31. The summed E-state index contributed by atoms with van der Waals surface area (Å²) in [5.74, 6) is -0.412. The fraction of sp³-hybridized carbons (Fsp3) is 0.250. The van der Waals surface area contributed by atoms with Gasteiger partial charge in [0.05, 0.1) is 17.9 Å². The van der Waals surface area contributed by atoms with Crippen LogP contribution in [0.4, 0.5) is 5.69 Å². The number of pyridine rings is 1. The van der Waals surface area contributed by atoms with Crippen LogP contribution in [0.25, 0.3) is 0 Å². The molecule has 3 N–H and O–H groups in total. The van der Waals surface area contributed by atoms with Crippen molar-refractivity contribution in [2.24, 2.45) is 5.73 Å². The quantitative estimate of drug-likeness (QED) is 0.820. The third-order valence-electron chi connectivity index (χ3n) is 2.52. The summed E-state index contributed by atoms with van der Waals surface area (Å²) in [6, 6.07) is 4.01. The lowest BCUT2D eigenvalue weighted by atomic mass is 10.1. The van der Waals surface area contributed by atoms with Gasteiger partial charge in [0.2, 0.25) is 5.91 Å². The average molecular weight is 245 g/mol. The SMILES string of the molecule is CC(Nc1cnn(CC(N)=O)c1)c1cccnc1. The molecule has 0 aromatic carbocycles. The summed E-state index contributed by atoms with van der Waals surface area (Å²) in [6.07, 6.45) is 6.96. The molecule has 0 aliphatic carbocycles. The molecule has 0 aliphatic heterocycles. The summed E-state index contributed by atoms with van der Waals surface area (Å²) >= 11 is 0. The molecule has 6 heteroatoms. The standard InChI is InChI=1S/C12H15N5O/c1-9(10-3-2-4-14-5-10)16-11-6-15-17(7-11)8-12(13)18/h2-7,9,16H,8H2,1H3,(H2,13,18). The van der Waals surface area contributed by atoms with Gasteiger partial charge < -0.3 is 11.1 Å². The van der Waals surface area contributed by atoms with E-state index in [0.29, 0.717) is 0 Å². The first-order valence-corrected chi connectivity index (χ1v) is 5.62. The van der Waals surface area contributed by atoms with Gasteiger partial charge >= 0.3 is 0 Å². The zero-order chi connectivity index (χ0) is 13.0. The fourth-order valence-electron chi connectivity index (χ4n) is 1.65. The molecule has 0 fully saturated rings. The van der Waals surface area contributed by atoms with Crippen LogP contribution in [0.15, 0.2) is 36.9 Å². The van der Waals surface area contributed by atoms with E-state index in [-0.39, 0.29) is 12.6 Å². The Bertz CT molecular complexity index is 522. The molecule has 0 saturated heterocycles. The number of rotatable bonds is 5. The Morgan fingerprint density at radius 3 is 3.06 bits per heavy atom. The van der Waals surface area contributed by atoms with Crippen molar-refractivity contribution in [3.8, 4) is 0 Å². The molecule has 2 rings (SSSR count). The third-order valence-corrected chi connectivity index (χ3v) is 2.52. The lowest BCUT2D eigenvalue weighted by Gasteiger charge is -2.13. The third kappa shape index (κ3) is 3.07. The maximum atomic E-state index is 10.8. The predicted octanol–water partition coefficient (Wildman–Crippen LogP) is 0.936. The number of carbonyl (C=O) groups is 1. The maximum Gasteiger partial charge on any atom is 0.239 e. The van der Waals surface area contributed by atoms with Crippen LogP contribution in [-0.4, -0.2) is 20.7 Å². The van der Waals surface area contributed by atoms with Crippen LogP contribution in [0.5, 0.6) is 0 Å². The van der Waals surface area contributed by atoms with E-state index in [9.17, 15) is 4.79 Å². The number of carbonyl (C=O) groups excluding carboxylic acids is 1. The van der Waals surface area contributed by atoms with Gasteiger partial charge in [0.1, 0.15) is 6.54 Å². The van der Waals surface area contributed by atoms with Crippen LogP contribution in [0.2, 0.25) is 0 Å². The number of hydrogen-bond acceptors (Lipinski definition) is 4. The van der Waals surface area contributed by atoms with Gasteiger partial charge in [-0.25, -0.2) is 0 Å². The Hall–Kier alpha value is -2.37. The summed E-state index contributed by atoms with van der Waals surface area (Å²) in [6.45, 7) is 2.12. The molecule has 0 radical (unpaired) electrons. The van der Waals surface area contributed by atoms with E-state index in [1.165, 1.54) is 4.68 Å². The van der Waals surface area contributed by atoms with Crippen molar-refractivity contribution < 1.29 is 4.79 Å². The summed E-state index contributed by atoms with van der Waals surface area (Å²) in [5.41, 5.74) is 7.02. The van der Waals surface area contributed by atoms with Crippen LogP contribution >= 0.6 is 0 Å². The molecule has 1 unspecified atom stereocenters. The molecular weight excluding hydrogens is 230 g/mol. The molecule has 2 heterocycles. The lowest BCUT2D eigenvalue weighted by Crippen LogP contribution is -2.18. The minimum absolute atomic E-state index is 0.0863. The molecule has 0 bridgehead atoms. The molecule has 1 amide bonds. The molecule has 2 aromatic rings. The number of anilines is 1. The summed E-state index contributed by atoms with van der Waals surface area (Å²) in [5, 5.41) is 7.32. The van der Waals surface area contributed by atoms with E-state index in [2.05, 4.69) is 15.4 Å². The molecule has 1 atom stereocenters. The summed E-state index contributed by atoms with van der Waals surface area (Å²) in [4.78, 5) is 14.8. The van der Waals surface area contributed by atoms with Gasteiger partial charge in [-0.3, -0.25) is 14.5 Å². The number of nitrogens with two attached hydrogens (primary N) is 1. The van der Waals surface area contributed by atoms with Crippen molar-refractivity contribution in [3.05, 3.63) is 42.5 Å². The van der Waals surface area contributed by atoms with Gasteiger partial charge in [-0.05, 0) is 18.6 Å².